The Morgan fingerprint density at radius 2 is 2.50 bits per heavy atom. The van der Waals surface area contributed by atoms with Gasteiger partial charge in [-0.2, -0.15) is 12.6 Å². The average molecular weight is 293 g/mol. The third-order valence-electron chi connectivity index (χ3n) is 1.84. The smallest absolute Gasteiger partial charge is 0.280 e. The maximum absolute atomic E-state index is 10.7. The minimum absolute atomic E-state index is 0.0366. The normalized spacial score (nSPS) is 29.3. The maximum atomic E-state index is 10.7. The zero-order valence-electron chi connectivity index (χ0n) is 6.46. The Kier molecular flexibility index (Phi) is 3.96. The molecule has 0 unspecified atom stereocenters. The molecular formula is C7H9BINOS. The molecule has 0 aromatic rings. The average Bonchev–Trinajstić information content (AvgIpc) is 1.94. The first kappa shape index (κ1) is 10.4. The highest BCUT2D eigenvalue weighted by Crippen LogP contribution is 2.21. The van der Waals surface area contributed by atoms with Crippen LogP contribution in [0.25, 0.3) is 0 Å². The topological polar surface area (TPSA) is 29.1 Å². The summed E-state index contributed by atoms with van der Waals surface area (Å²) in [6.07, 6.45) is 3.49. The second-order valence-electron chi connectivity index (χ2n) is 2.81. The van der Waals surface area contributed by atoms with Crippen molar-refractivity contribution in [1.29, 1.82) is 0 Å². The molecule has 1 amide bonds. The maximum Gasteiger partial charge on any atom is 0.280 e. The lowest BCUT2D eigenvalue weighted by Gasteiger charge is -2.27. The SMILES string of the molecule is [B]C1=CC[C@H](NC(=O)I)[C@@H](S)C1. The standard InChI is InChI=1S/C7H9BINOS/c8-4-1-2-5(6(12)3-4)10-7(9)11/h1,5-6,12H,2-3H2,(H,10,11)/t5-,6-/m0/s1. The van der Waals surface area contributed by atoms with Crippen LogP contribution in [-0.2, 0) is 0 Å². The molecule has 1 aliphatic carbocycles. The van der Waals surface area contributed by atoms with E-state index in [9.17, 15) is 4.79 Å². The van der Waals surface area contributed by atoms with E-state index in [2.05, 4.69) is 17.9 Å². The number of carbonyl (C=O) groups is 1. The quantitative estimate of drug-likeness (QED) is 0.249. The number of hydrogen-bond acceptors (Lipinski definition) is 2. The third kappa shape index (κ3) is 3.01. The summed E-state index contributed by atoms with van der Waals surface area (Å²) >= 11 is 6.08. The zero-order valence-corrected chi connectivity index (χ0v) is 9.51. The van der Waals surface area contributed by atoms with E-state index in [1.54, 1.807) is 22.6 Å². The number of nitrogens with one attached hydrogen (secondary N) is 1. The Morgan fingerprint density at radius 3 is 3.00 bits per heavy atom. The highest BCUT2D eigenvalue weighted by atomic mass is 127. The second kappa shape index (κ2) is 4.55. The van der Waals surface area contributed by atoms with Crippen LogP contribution in [0.5, 0.6) is 0 Å². The van der Waals surface area contributed by atoms with Gasteiger partial charge < -0.3 is 5.32 Å². The first-order chi connectivity index (χ1) is 5.59. The molecule has 0 spiro atoms. The predicted octanol–water partition coefficient (Wildman–Crippen LogP) is 1.64. The molecule has 64 valence electrons. The first-order valence-corrected chi connectivity index (χ1v) is 5.27. The van der Waals surface area contributed by atoms with Crippen molar-refractivity contribution in [3.8, 4) is 0 Å². The van der Waals surface area contributed by atoms with Gasteiger partial charge in [0.1, 0.15) is 7.85 Å². The molecule has 0 heterocycles. The van der Waals surface area contributed by atoms with Crippen molar-refractivity contribution in [2.45, 2.75) is 24.1 Å². The van der Waals surface area contributed by atoms with Gasteiger partial charge >= 0.3 is 0 Å². The van der Waals surface area contributed by atoms with E-state index in [-0.39, 0.29) is 15.2 Å². The molecule has 1 rings (SSSR count). The van der Waals surface area contributed by atoms with Gasteiger partial charge in [0.15, 0.2) is 0 Å². The summed E-state index contributed by atoms with van der Waals surface area (Å²) in [4.78, 5) is 10.7. The van der Waals surface area contributed by atoms with E-state index in [0.29, 0.717) is 0 Å². The lowest BCUT2D eigenvalue weighted by Crippen LogP contribution is -2.40. The Bertz CT molecular complexity index is 221. The molecule has 0 fully saturated rings. The van der Waals surface area contributed by atoms with Gasteiger partial charge in [0.05, 0.1) is 0 Å². The molecule has 2 radical (unpaired) electrons. The summed E-state index contributed by atoms with van der Waals surface area (Å²) in [6, 6.07) is 0.130. The van der Waals surface area contributed by atoms with Crippen LogP contribution in [0, 0.1) is 0 Å². The van der Waals surface area contributed by atoms with Gasteiger partial charge in [-0.1, -0.05) is 6.08 Å². The Morgan fingerprint density at radius 1 is 1.83 bits per heavy atom. The number of carbonyl (C=O) groups excluding carboxylic acids is 1. The molecular weight excluding hydrogens is 284 g/mol. The van der Waals surface area contributed by atoms with Crippen molar-refractivity contribution in [3.05, 3.63) is 11.5 Å². The molecule has 0 aromatic heterocycles. The molecule has 12 heavy (non-hydrogen) atoms. The van der Waals surface area contributed by atoms with Crippen molar-refractivity contribution in [2.24, 2.45) is 0 Å². The van der Waals surface area contributed by atoms with Crippen LogP contribution in [-0.4, -0.2) is 23.1 Å². The Labute approximate surface area is 92.5 Å². The fraction of sp³-hybridized carbons (Fsp3) is 0.571. The minimum Gasteiger partial charge on any atom is -0.343 e. The second-order valence-corrected chi connectivity index (χ2v) is 4.45. The summed E-state index contributed by atoms with van der Waals surface area (Å²) in [5.41, 5.74) is 0.869. The van der Waals surface area contributed by atoms with Crippen molar-refractivity contribution in [1.82, 2.24) is 5.32 Å². The van der Waals surface area contributed by atoms with Crippen LogP contribution in [0.1, 0.15) is 12.8 Å². The molecule has 2 nitrogen and oxygen atoms in total. The Balaban J connectivity index is 2.51. The summed E-state index contributed by atoms with van der Waals surface area (Å²) in [7, 11) is 5.62. The van der Waals surface area contributed by atoms with Crippen LogP contribution >= 0.6 is 35.2 Å². The van der Waals surface area contributed by atoms with E-state index in [1.165, 1.54) is 0 Å². The van der Waals surface area contributed by atoms with Gasteiger partial charge in [0, 0.05) is 33.9 Å². The predicted molar refractivity (Wildman–Crippen MR) is 62.2 cm³/mol. The number of rotatable bonds is 1. The van der Waals surface area contributed by atoms with Crippen LogP contribution in [0.4, 0.5) is 4.79 Å². The zero-order chi connectivity index (χ0) is 9.14. The van der Waals surface area contributed by atoms with E-state index in [1.807, 2.05) is 6.08 Å². The molecule has 2 atom stereocenters. The van der Waals surface area contributed by atoms with Gasteiger partial charge in [0.25, 0.3) is 3.91 Å². The molecule has 0 saturated heterocycles. The third-order valence-corrected chi connectivity index (χ3v) is 2.70. The largest absolute Gasteiger partial charge is 0.343 e. The van der Waals surface area contributed by atoms with Crippen LogP contribution in [0.3, 0.4) is 0 Å². The van der Waals surface area contributed by atoms with Crippen LogP contribution in [0.2, 0.25) is 0 Å². The van der Waals surface area contributed by atoms with E-state index < -0.39 is 0 Å². The minimum atomic E-state index is -0.0366. The highest BCUT2D eigenvalue weighted by molar-refractivity contribution is 14.1. The molecule has 1 aliphatic rings. The summed E-state index contributed by atoms with van der Waals surface area (Å²) in [5.74, 6) is 0. The number of amides is 1. The lowest BCUT2D eigenvalue weighted by molar-refractivity contribution is 0.259. The fourth-order valence-corrected chi connectivity index (χ4v) is 2.01. The van der Waals surface area contributed by atoms with Crippen LogP contribution in [0.15, 0.2) is 11.5 Å². The molecule has 1 N–H and O–H groups in total. The van der Waals surface area contributed by atoms with Crippen molar-refractivity contribution < 1.29 is 4.79 Å². The first-order valence-electron chi connectivity index (χ1n) is 3.68. The molecule has 5 heteroatoms. The van der Waals surface area contributed by atoms with Crippen molar-refractivity contribution in [2.75, 3.05) is 0 Å². The van der Waals surface area contributed by atoms with Gasteiger partial charge in [-0.05, 0) is 12.8 Å². The lowest BCUT2D eigenvalue weighted by atomic mass is 9.83. The number of halogens is 1. The number of allylic oxidation sites excluding steroid dienone is 1. The van der Waals surface area contributed by atoms with E-state index >= 15 is 0 Å². The van der Waals surface area contributed by atoms with Gasteiger partial charge in [-0.3, -0.25) is 4.79 Å². The highest BCUT2D eigenvalue weighted by Gasteiger charge is 2.21. The fourth-order valence-electron chi connectivity index (χ4n) is 1.20. The summed E-state index contributed by atoms with van der Waals surface area (Å²) in [6.45, 7) is 0. The Hall–Kier alpha value is 0.355. The van der Waals surface area contributed by atoms with Crippen molar-refractivity contribution in [3.63, 3.8) is 0 Å². The van der Waals surface area contributed by atoms with Gasteiger partial charge in [0.2, 0.25) is 0 Å². The molecule has 0 aromatic carbocycles. The molecule has 0 bridgehead atoms. The van der Waals surface area contributed by atoms with E-state index in [4.69, 9.17) is 7.85 Å². The number of thiol groups is 1. The van der Waals surface area contributed by atoms with Crippen LogP contribution < -0.4 is 5.32 Å². The molecule has 0 saturated carbocycles. The van der Waals surface area contributed by atoms with Gasteiger partial charge in [-0.25, -0.2) is 0 Å². The summed E-state index contributed by atoms with van der Waals surface area (Å²) < 4.78 is -0.0366. The van der Waals surface area contributed by atoms with E-state index in [0.717, 1.165) is 18.3 Å². The van der Waals surface area contributed by atoms with Gasteiger partial charge in [-0.15, -0.1) is 5.47 Å². The summed E-state index contributed by atoms with van der Waals surface area (Å²) in [5, 5.41) is 2.97. The number of hydrogen-bond donors (Lipinski definition) is 2. The molecule has 0 aliphatic heterocycles. The van der Waals surface area contributed by atoms with Crippen molar-refractivity contribution >= 4 is 47.0 Å². The monoisotopic (exact) mass is 293 g/mol.